The van der Waals surface area contributed by atoms with Crippen LogP contribution in [0.3, 0.4) is 0 Å². The van der Waals surface area contributed by atoms with Crippen LogP contribution in [0.25, 0.3) is 0 Å². The van der Waals surface area contributed by atoms with Crippen LogP contribution in [-0.2, 0) is 4.74 Å². The number of hydrogen-bond acceptors (Lipinski definition) is 9. The monoisotopic (exact) mass is 445 g/mol. The molecule has 0 bridgehead atoms. The highest BCUT2D eigenvalue weighted by Crippen LogP contribution is 2.45. The van der Waals surface area contributed by atoms with E-state index in [1.165, 1.54) is 37.8 Å². The molecule has 1 aliphatic heterocycles. The Balaban J connectivity index is 2.06. The van der Waals surface area contributed by atoms with Crippen LogP contribution in [-0.4, -0.2) is 54.5 Å². The first kappa shape index (κ1) is 21.8. The van der Waals surface area contributed by atoms with Gasteiger partial charge in [-0.3, -0.25) is 0 Å². The predicted octanol–water partition coefficient (Wildman–Crippen LogP) is 3.20. The topological polar surface area (TPSA) is 93.5 Å². The summed E-state index contributed by atoms with van der Waals surface area (Å²) in [6, 6.07) is 4.52. The van der Waals surface area contributed by atoms with Gasteiger partial charge in [-0.2, -0.15) is 23.3 Å². The number of aliphatic hydroxyl groups is 1. The number of methoxy groups -OCH3 is 2. The van der Waals surface area contributed by atoms with Gasteiger partial charge < -0.3 is 19.3 Å². The number of benzene rings is 1. The molecule has 0 fully saturated rings. The molecule has 0 saturated carbocycles. The molecule has 162 valence electrons. The Labute approximate surface area is 173 Å². The van der Waals surface area contributed by atoms with Gasteiger partial charge in [0.15, 0.2) is 5.69 Å². The van der Waals surface area contributed by atoms with E-state index in [1.54, 1.807) is 6.92 Å². The van der Waals surface area contributed by atoms with Gasteiger partial charge in [0, 0.05) is 17.0 Å². The highest BCUT2D eigenvalue weighted by Gasteiger charge is 2.62. The van der Waals surface area contributed by atoms with E-state index < -0.39 is 24.3 Å². The fraction of sp³-hybridized carbons (Fsp3) is 0.389. The smallest absolute Gasteiger partial charge is 0.438 e. The number of anilines is 1. The normalized spacial score (nSPS) is 18.9. The molecule has 0 aliphatic carbocycles. The largest absolute Gasteiger partial charge is 0.497 e. The van der Waals surface area contributed by atoms with Crippen LogP contribution in [0.15, 0.2) is 28.7 Å². The Kier molecular flexibility index (Phi) is 5.90. The SMILES string of the molecule is CCOC(=O)c1csc(N2N=C(c3ccc(OC)cc3OC)C[C@@]2(O)C(F)(F)F)n1. The van der Waals surface area contributed by atoms with Gasteiger partial charge in [0.25, 0.3) is 5.72 Å². The Morgan fingerprint density at radius 2 is 2.07 bits per heavy atom. The van der Waals surface area contributed by atoms with E-state index in [0.29, 0.717) is 10.8 Å². The number of esters is 1. The Bertz CT molecular complexity index is 978. The molecule has 2 heterocycles. The van der Waals surface area contributed by atoms with Crippen molar-refractivity contribution in [3.05, 3.63) is 34.8 Å². The van der Waals surface area contributed by atoms with E-state index >= 15 is 0 Å². The number of hydrazone groups is 1. The molecule has 0 unspecified atom stereocenters. The first-order chi connectivity index (χ1) is 14.1. The first-order valence-corrected chi connectivity index (χ1v) is 9.54. The molecule has 0 spiro atoms. The van der Waals surface area contributed by atoms with Crippen LogP contribution in [0.5, 0.6) is 11.5 Å². The van der Waals surface area contributed by atoms with E-state index in [4.69, 9.17) is 14.2 Å². The number of carbonyl (C=O) groups excluding carboxylic acids is 1. The molecule has 1 N–H and O–H groups in total. The molecule has 1 atom stereocenters. The van der Waals surface area contributed by atoms with E-state index in [2.05, 4.69) is 10.1 Å². The van der Waals surface area contributed by atoms with Gasteiger partial charge in [0.05, 0.1) is 33.0 Å². The van der Waals surface area contributed by atoms with Crippen molar-refractivity contribution in [3.63, 3.8) is 0 Å². The summed E-state index contributed by atoms with van der Waals surface area (Å²) in [5.74, 6) is -0.113. The van der Waals surface area contributed by atoms with Crippen LogP contribution in [0.4, 0.5) is 18.3 Å². The zero-order valence-electron chi connectivity index (χ0n) is 16.2. The van der Waals surface area contributed by atoms with E-state index in [-0.39, 0.29) is 34.5 Å². The molecule has 3 rings (SSSR count). The van der Waals surface area contributed by atoms with Gasteiger partial charge in [-0.25, -0.2) is 9.78 Å². The average molecular weight is 445 g/mol. The Morgan fingerprint density at radius 1 is 1.33 bits per heavy atom. The van der Waals surface area contributed by atoms with E-state index in [9.17, 15) is 23.1 Å². The van der Waals surface area contributed by atoms with Crippen molar-refractivity contribution in [3.8, 4) is 11.5 Å². The second-order valence-electron chi connectivity index (χ2n) is 6.15. The molecule has 8 nitrogen and oxygen atoms in total. The molecule has 1 aliphatic rings. The summed E-state index contributed by atoms with van der Waals surface area (Å²) in [7, 11) is 2.79. The molecule has 30 heavy (non-hydrogen) atoms. The maximum Gasteiger partial charge on any atom is 0.438 e. The summed E-state index contributed by atoms with van der Waals surface area (Å²) in [5, 5.41) is 15.9. The van der Waals surface area contributed by atoms with Gasteiger partial charge in [0.1, 0.15) is 11.5 Å². The zero-order chi connectivity index (χ0) is 22.1. The van der Waals surface area contributed by atoms with Crippen molar-refractivity contribution in [2.45, 2.75) is 25.2 Å². The maximum absolute atomic E-state index is 13.8. The fourth-order valence-corrected chi connectivity index (χ4v) is 3.62. The molecular weight excluding hydrogens is 427 g/mol. The minimum absolute atomic E-state index is 0.0674. The number of rotatable bonds is 6. The molecule has 1 aromatic heterocycles. The van der Waals surface area contributed by atoms with Gasteiger partial charge in [-0.15, -0.1) is 11.3 Å². The number of alkyl halides is 3. The standard InChI is InChI=1S/C18H18F3N3O5S/c1-4-29-15(25)13-9-30-16(22-13)24-17(26,18(19,20)21)8-12(23-24)11-6-5-10(27-2)7-14(11)28-3/h5-7,9,26H,4,8H2,1-3H3/t17-/m1/s1. The second-order valence-corrected chi connectivity index (χ2v) is 6.99. The first-order valence-electron chi connectivity index (χ1n) is 8.66. The summed E-state index contributed by atoms with van der Waals surface area (Å²) >= 11 is 0.728. The van der Waals surface area contributed by atoms with Crippen molar-refractivity contribution in [2.75, 3.05) is 25.8 Å². The lowest BCUT2D eigenvalue weighted by Gasteiger charge is -2.32. The van der Waals surface area contributed by atoms with Crippen molar-refractivity contribution in [2.24, 2.45) is 5.10 Å². The van der Waals surface area contributed by atoms with Crippen LogP contribution in [0.2, 0.25) is 0 Å². The van der Waals surface area contributed by atoms with Crippen molar-refractivity contribution in [1.29, 1.82) is 0 Å². The van der Waals surface area contributed by atoms with Crippen molar-refractivity contribution >= 4 is 28.1 Å². The Hall–Kier alpha value is -2.86. The van der Waals surface area contributed by atoms with Crippen LogP contribution >= 0.6 is 11.3 Å². The van der Waals surface area contributed by atoms with E-state index in [0.717, 1.165) is 11.3 Å². The van der Waals surface area contributed by atoms with Gasteiger partial charge in [-0.1, -0.05) is 0 Å². The number of thiazole rings is 1. The summed E-state index contributed by atoms with van der Waals surface area (Å²) in [4.78, 5) is 15.7. The molecule has 12 heteroatoms. The summed E-state index contributed by atoms with van der Waals surface area (Å²) < 4.78 is 56.6. The van der Waals surface area contributed by atoms with Gasteiger partial charge in [0.2, 0.25) is 5.13 Å². The number of nitrogens with zero attached hydrogens (tertiary/aromatic N) is 3. The lowest BCUT2D eigenvalue weighted by molar-refractivity contribution is -0.254. The lowest BCUT2D eigenvalue weighted by Crippen LogP contribution is -2.55. The van der Waals surface area contributed by atoms with E-state index in [1.807, 2.05) is 0 Å². The van der Waals surface area contributed by atoms with Crippen molar-refractivity contribution in [1.82, 2.24) is 4.98 Å². The minimum atomic E-state index is -5.06. The van der Waals surface area contributed by atoms with Gasteiger partial charge >= 0.3 is 12.1 Å². The number of aromatic nitrogens is 1. The summed E-state index contributed by atoms with van der Waals surface area (Å²) in [5.41, 5.74) is -3.34. The number of ether oxygens (including phenoxy) is 3. The quantitative estimate of drug-likeness (QED) is 0.683. The lowest BCUT2D eigenvalue weighted by atomic mass is 10.00. The summed E-state index contributed by atoms with van der Waals surface area (Å²) in [6.07, 6.45) is -5.93. The third kappa shape index (κ3) is 3.79. The predicted molar refractivity (Wildman–Crippen MR) is 102 cm³/mol. The Morgan fingerprint density at radius 3 is 2.67 bits per heavy atom. The molecule has 2 aromatic rings. The number of halogens is 3. The average Bonchev–Trinajstić information content (AvgIpc) is 3.32. The summed E-state index contributed by atoms with van der Waals surface area (Å²) in [6.45, 7) is 1.67. The molecule has 0 amide bonds. The molecule has 1 aromatic carbocycles. The third-order valence-corrected chi connectivity index (χ3v) is 5.13. The molecule has 0 saturated heterocycles. The van der Waals surface area contributed by atoms with Gasteiger partial charge in [-0.05, 0) is 19.1 Å². The van der Waals surface area contributed by atoms with Crippen LogP contribution in [0.1, 0.15) is 29.4 Å². The molecule has 0 radical (unpaired) electrons. The van der Waals surface area contributed by atoms with Crippen LogP contribution in [0, 0.1) is 0 Å². The highest BCUT2D eigenvalue weighted by atomic mass is 32.1. The minimum Gasteiger partial charge on any atom is -0.497 e. The third-order valence-electron chi connectivity index (χ3n) is 4.32. The maximum atomic E-state index is 13.8. The zero-order valence-corrected chi connectivity index (χ0v) is 17.0. The number of carbonyl (C=O) groups is 1. The van der Waals surface area contributed by atoms with Crippen LogP contribution < -0.4 is 14.5 Å². The number of hydrogen-bond donors (Lipinski definition) is 1. The van der Waals surface area contributed by atoms with Crippen molar-refractivity contribution < 1.29 is 37.3 Å². The molecular formula is C18H18F3N3O5S. The second kappa shape index (κ2) is 8.11. The fourth-order valence-electron chi connectivity index (χ4n) is 2.81. The highest BCUT2D eigenvalue weighted by molar-refractivity contribution is 7.14.